The van der Waals surface area contributed by atoms with E-state index >= 15 is 0 Å². The summed E-state index contributed by atoms with van der Waals surface area (Å²) in [6, 6.07) is 13.8. The molecule has 0 spiro atoms. The van der Waals surface area contributed by atoms with Crippen LogP contribution in [0.25, 0.3) is 0 Å². The van der Waals surface area contributed by atoms with Gasteiger partial charge in [-0.3, -0.25) is 5.32 Å². The molecule has 0 aliphatic carbocycles. The van der Waals surface area contributed by atoms with E-state index in [9.17, 15) is 9.59 Å². The van der Waals surface area contributed by atoms with E-state index in [0.717, 1.165) is 5.56 Å². The number of hydrogen-bond donors (Lipinski definition) is 2. The van der Waals surface area contributed by atoms with Gasteiger partial charge in [-0.05, 0) is 55.8 Å². The lowest BCUT2D eigenvalue weighted by Crippen LogP contribution is -2.35. The maximum atomic E-state index is 11.8. The van der Waals surface area contributed by atoms with Crippen molar-refractivity contribution in [2.45, 2.75) is 20.0 Å². The van der Waals surface area contributed by atoms with E-state index in [0.29, 0.717) is 16.5 Å². The molecule has 6 nitrogen and oxygen atoms in total. The summed E-state index contributed by atoms with van der Waals surface area (Å²) >= 11 is 5.77. The summed E-state index contributed by atoms with van der Waals surface area (Å²) in [4.78, 5) is 23.5. The highest BCUT2D eigenvalue weighted by atomic mass is 35.5. The van der Waals surface area contributed by atoms with Gasteiger partial charge in [0.05, 0.1) is 6.54 Å². The summed E-state index contributed by atoms with van der Waals surface area (Å²) in [6.45, 7) is 3.69. The van der Waals surface area contributed by atoms with Gasteiger partial charge < -0.3 is 14.8 Å². The van der Waals surface area contributed by atoms with Crippen LogP contribution in [0, 0.1) is 6.92 Å². The lowest BCUT2D eigenvalue weighted by Gasteiger charge is -2.15. The summed E-state index contributed by atoms with van der Waals surface area (Å²) in [5.41, 5.74) is 1.55. The Bertz CT molecular complexity index is 734. The monoisotopic (exact) mass is 362 g/mol. The fraction of sp³-hybridized carbons (Fsp3) is 0.222. The van der Waals surface area contributed by atoms with Crippen LogP contribution in [-0.2, 0) is 4.74 Å². The molecule has 132 valence electrons. The zero-order valence-corrected chi connectivity index (χ0v) is 14.7. The Labute approximate surface area is 151 Å². The second kappa shape index (κ2) is 8.94. The van der Waals surface area contributed by atoms with Crippen LogP contribution in [0.1, 0.15) is 12.5 Å². The minimum atomic E-state index is -0.622. The summed E-state index contributed by atoms with van der Waals surface area (Å²) in [7, 11) is 0. The SMILES string of the molecule is Cc1cccc(OC(=O)NC[C@@H](C)OC(=O)Nc2ccc(Cl)cc2)c1. The first-order valence-corrected chi connectivity index (χ1v) is 8.06. The molecule has 1 atom stereocenters. The Morgan fingerprint density at radius 3 is 2.52 bits per heavy atom. The number of carbonyl (C=O) groups is 2. The van der Waals surface area contributed by atoms with E-state index in [4.69, 9.17) is 21.1 Å². The molecule has 7 heteroatoms. The van der Waals surface area contributed by atoms with Crippen molar-refractivity contribution in [2.75, 3.05) is 11.9 Å². The molecule has 0 saturated carbocycles. The molecule has 0 fully saturated rings. The van der Waals surface area contributed by atoms with Gasteiger partial charge in [-0.1, -0.05) is 23.7 Å². The van der Waals surface area contributed by atoms with Gasteiger partial charge in [0.1, 0.15) is 11.9 Å². The minimum Gasteiger partial charge on any atom is -0.444 e. The largest absolute Gasteiger partial charge is 0.444 e. The normalized spacial score (nSPS) is 11.3. The quantitative estimate of drug-likeness (QED) is 0.827. The Hall–Kier alpha value is -2.73. The third kappa shape index (κ3) is 6.73. The van der Waals surface area contributed by atoms with Crippen molar-refractivity contribution in [2.24, 2.45) is 0 Å². The number of benzene rings is 2. The van der Waals surface area contributed by atoms with Crippen molar-refractivity contribution >= 4 is 29.5 Å². The number of carbonyl (C=O) groups excluding carboxylic acids is 2. The van der Waals surface area contributed by atoms with Gasteiger partial charge in [-0.15, -0.1) is 0 Å². The Balaban J connectivity index is 1.72. The van der Waals surface area contributed by atoms with Gasteiger partial charge in [0.15, 0.2) is 0 Å². The van der Waals surface area contributed by atoms with Gasteiger partial charge in [0.25, 0.3) is 0 Å². The van der Waals surface area contributed by atoms with Crippen molar-refractivity contribution in [1.29, 1.82) is 0 Å². The van der Waals surface area contributed by atoms with Gasteiger partial charge in [0, 0.05) is 10.7 Å². The van der Waals surface area contributed by atoms with E-state index in [2.05, 4.69) is 10.6 Å². The topological polar surface area (TPSA) is 76.7 Å². The van der Waals surface area contributed by atoms with Crippen molar-refractivity contribution in [3.63, 3.8) is 0 Å². The molecule has 0 heterocycles. The molecule has 2 amide bonds. The highest BCUT2D eigenvalue weighted by Gasteiger charge is 2.12. The summed E-state index contributed by atoms with van der Waals surface area (Å²) in [5, 5.41) is 5.69. The van der Waals surface area contributed by atoms with Crippen LogP contribution in [0.2, 0.25) is 5.02 Å². The van der Waals surface area contributed by atoms with Crippen molar-refractivity contribution in [1.82, 2.24) is 5.32 Å². The summed E-state index contributed by atoms with van der Waals surface area (Å²) < 4.78 is 10.3. The van der Waals surface area contributed by atoms with Crippen LogP contribution < -0.4 is 15.4 Å². The molecular weight excluding hydrogens is 344 g/mol. The van der Waals surface area contributed by atoms with Gasteiger partial charge in [-0.2, -0.15) is 0 Å². The number of amides is 2. The zero-order valence-electron chi connectivity index (χ0n) is 13.9. The maximum Gasteiger partial charge on any atom is 0.412 e. The summed E-state index contributed by atoms with van der Waals surface area (Å²) in [5.74, 6) is 0.451. The number of anilines is 1. The van der Waals surface area contributed by atoms with Crippen LogP contribution in [0.3, 0.4) is 0 Å². The van der Waals surface area contributed by atoms with E-state index in [-0.39, 0.29) is 6.54 Å². The Morgan fingerprint density at radius 1 is 1.12 bits per heavy atom. The first-order chi connectivity index (χ1) is 11.9. The second-order valence-corrected chi connectivity index (χ2v) is 5.87. The van der Waals surface area contributed by atoms with E-state index in [1.807, 2.05) is 13.0 Å². The van der Waals surface area contributed by atoms with E-state index in [1.165, 1.54) is 0 Å². The Morgan fingerprint density at radius 2 is 1.84 bits per heavy atom. The predicted octanol–water partition coefficient (Wildman–Crippen LogP) is 4.37. The zero-order chi connectivity index (χ0) is 18.2. The molecule has 0 aliphatic heterocycles. The molecule has 0 bridgehead atoms. The first-order valence-electron chi connectivity index (χ1n) is 7.68. The van der Waals surface area contributed by atoms with Crippen LogP contribution in [-0.4, -0.2) is 24.8 Å². The lowest BCUT2D eigenvalue weighted by atomic mass is 10.2. The molecule has 2 rings (SSSR count). The van der Waals surface area contributed by atoms with Crippen molar-refractivity contribution < 1.29 is 19.1 Å². The molecule has 25 heavy (non-hydrogen) atoms. The standard InChI is InChI=1S/C18H19ClN2O4/c1-12-4-3-5-16(10-12)25-17(22)20-11-13(2)24-18(23)21-15-8-6-14(19)7-9-15/h3-10,13H,11H2,1-2H3,(H,20,22)(H,21,23)/t13-/m1/s1. The molecular formula is C18H19ClN2O4. The highest BCUT2D eigenvalue weighted by molar-refractivity contribution is 6.30. The highest BCUT2D eigenvalue weighted by Crippen LogP contribution is 2.14. The van der Waals surface area contributed by atoms with E-state index < -0.39 is 18.3 Å². The number of hydrogen-bond acceptors (Lipinski definition) is 4. The number of nitrogens with one attached hydrogen (secondary N) is 2. The molecule has 0 aliphatic rings. The number of aryl methyl sites for hydroxylation is 1. The van der Waals surface area contributed by atoms with Gasteiger partial charge >= 0.3 is 12.2 Å². The third-order valence-electron chi connectivity index (χ3n) is 3.13. The average molecular weight is 363 g/mol. The maximum absolute atomic E-state index is 11.8. The van der Waals surface area contributed by atoms with Crippen LogP contribution in [0.4, 0.5) is 15.3 Å². The average Bonchev–Trinajstić information content (AvgIpc) is 2.55. The molecule has 2 N–H and O–H groups in total. The molecule has 2 aromatic rings. The Kier molecular flexibility index (Phi) is 6.65. The first kappa shape index (κ1) is 18.6. The molecule has 0 saturated heterocycles. The van der Waals surface area contributed by atoms with Gasteiger partial charge in [-0.25, -0.2) is 9.59 Å². The van der Waals surface area contributed by atoms with Crippen molar-refractivity contribution in [3.8, 4) is 5.75 Å². The molecule has 0 aromatic heterocycles. The number of rotatable bonds is 5. The van der Waals surface area contributed by atoms with Crippen molar-refractivity contribution in [3.05, 3.63) is 59.1 Å². The lowest BCUT2D eigenvalue weighted by molar-refractivity contribution is 0.118. The molecule has 0 unspecified atom stereocenters. The van der Waals surface area contributed by atoms with Crippen LogP contribution in [0.15, 0.2) is 48.5 Å². The fourth-order valence-electron chi connectivity index (χ4n) is 1.95. The van der Waals surface area contributed by atoms with Crippen LogP contribution in [0.5, 0.6) is 5.75 Å². The molecule has 2 aromatic carbocycles. The predicted molar refractivity (Wildman–Crippen MR) is 96.2 cm³/mol. The summed E-state index contributed by atoms with van der Waals surface area (Å²) in [6.07, 6.45) is -1.76. The van der Waals surface area contributed by atoms with Gasteiger partial charge in [0.2, 0.25) is 0 Å². The number of ether oxygens (including phenoxy) is 2. The molecule has 0 radical (unpaired) electrons. The fourth-order valence-corrected chi connectivity index (χ4v) is 2.08. The third-order valence-corrected chi connectivity index (χ3v) is 3.38. The smallest absolute Gasteiger partial charge is 0.412 e. The minimum absolute atomic E-state index is 0.124. The number of halogens is 1. The second-order valence-electron chi connectivity index (χ2n) is 5.43. The van der Waals surface area contributed by atoms with Crippen LogP contribution >= 0.6 is 11.6 Å². The van der Waals surface area contributed by atoms with E-state index in [1.54, 1.807) is 49.4 Å².